The number of ketones is 2. The second kappa shape index (κ2) is 9.74. The Bertz CT molecular complexity index is 2080. The molecule has 0 bridgehead atoms. The number of fused-ring (bicyclic) bond motifs is 11. The normalized spacial score (nSPS) is 37.1. The molecule has 2 fully saturated rings. The van der Waals surface area contributed by atoms with E-state index in [0.717, 1.165) is 58.9 Å². The molecule has 0 amide bonds. The first-order chi connectivity index (χ1) is 22.7. The molecule has 0 radical (unpaired) electrons. The lowest BCUT2D eigenvalue weighted by atomic mass is 9.40. The molecule has 8 rings (SSSR count). The zero-order valence-corrected chi connectivity index (χ0v) is 30.5. The molecular weight excluding hydrogens is 614 g/mol. The van der Waals surface area contributed by atoms with E-state index < -0.39 is 34.2 Å². The van der Waals surface area contributed by atoms with E-state index in [0.29, 0.717) is 23.4 Å². The van der Waals surface area contributed by atoms with Crippen molar-refractivity contribution in [1.82, 2.24) is 4.40 Å². The van der Waals surface area contributed by atoms with Crippen LogP contribution in [0.25, 0.3) is 27.4 Å². The highest BCUT2D eigenvalue weighted by atomic mass is 16.5. The number of nitrogens with zero attached hydrogens (tertiary/aromatic N) is 1. The Balaban J connectivity index is 1.41. The standard InChI is InChI=1S/C42H51NO6/c1-20(2)33-36(48)31-30-23(26-19-38(4,5)49-39(6,7)32(26)35(30)47)18-24-25-17-22-12-13-27-40(8,42(22,10)37(25)43(33)34(24)31)16-15-29(46)41(27,9)28(45)14-11-21(3)44/h11,14,18-19,22,27,29,32,35,46-48H,1,12-13,15-17H2,2-10H3/t22?,27-,29+,32?,35-,40+,41-,42-/m1/s1. The second-order valence-corrected chi connectivity index (χ2v) is 17.9. The summed E-state index contributed by atoms with van der Waals surface area (Å²) in [7, 11) is 0. The highest BCUT2D eigenvalue weighted by molar-refractivity contribution is 6.11. The molecule has 2 unspecified atom stereocenters. The number of carbonyl (C=O) groups excluding carboxylic acids is 2. The molecule has 4 aliphatic carbocycles. The molecule has 7 heteroatoms. The van der Waals surface area contributed by atoms with Crippen LogP contribution in [-0.2, 0) is 26.2 Å². The zero-order valence-electron chi connectivity index (χ0n) is 30.5. The van der Waals surface area contributed by atoms with Crippen LogP contribution < -0.4 is 0 Å². The molecule has 3 N–H and O–H groups in total. The highest BCUT2D eigenvalue weighted by Gasteiger charge is 2.68. The fraction of sp³-hybridized carbons (Fsp3) is 0.571. The van der Waals surface area contributed by atoms with Crippen molar-refractivity contribution in [3.05, 3.63) is 59.0 Å². The predicted molar refractivity (Wildman–Crippen MR) is 192 cm³/mol. The molecule has 1 aliphatic heterocycles. The number of aliphatic hydroxyl groups excluding tert-OH is 2. The Labute approximate surface area is 289 Å². The topological polar surface area (TPSA) is 108 Å². The number of aromatic hydroxyl groups is 1. The van der Waals surface area contributed by atoms with Crippen molar-refractivity contribution < 1.29 is 29.6 Å². The molecule has 2 saturated carbocycles. The van der Waals surface area contributed by atoms with Gasteiger partial charge in [-0.05, 0) is 144 Å². The predicted octanol–water partition coefficient (Wildman–Crippen LogP) is 7.62. The summed E-state index contributed by atoms with van der Waals surface area (Å²) in [5.41, 5.74) is 4.66. The molecule has 1 aromatic carbocycles. The zero-order chi connectivity index (χ0) is 35.5. The van der Waals surface area contributed by atoms with Gasteiger partial charge in [0.2, 0.25) is 0 Å². The first-order valence-electron chi connectivity index (χ1n) is 18.1. The average Bonchev–Trinajstić information content (AvgIpc) is 3.66. The van der Waals surface area contributed by atoms with Gasteiger partial charge < -0.3 is 24.5 Å². The fourth-order valence-corrected chi connectivity index (χ4v) is 12.4. The van der Waals surface area contributed by atoms with E-state index >= 15 is 0 Å². The van der Waals surface area contributed by atoms with E-state index in [1.54, 1.807) is 0 Å². The van der Waals surface area contributed by atoms with Crippen LogP contribution in [0.3, 0.4) is 0 Å². The van der Waals surface area contributed by atoms with Gasteiger partial charge in [0.1, 0.15) is 5.75 Å². The molecule has 0 spiro atoms. The van der Waals surface area contributed by atoms with E-state index in [9.17, 15) is 24.9 Å². The van der Waals surface area contributed by atoms with E-state index in [-0.39, 0.29) is 34.6 Å². The SMILES string of the molecule is C=C(C)c1c(O)c2c3c(cc4c5c(n1c42)[C@@]1(C)C(CC[C@H]2[C@](C)(C(=O)C=CC(C)=O)[C@@H](O)CC[C@@]21C)C5)C1=CC(C)(C)OC(C)(C)C1[C@@H]3O. The lowest BCUT2D eigenvalue weighted by Crippen LogP contribution is -2.64. The van der Waals surface area contributed by atoms with Gasteiger partial charge in [0, 0.05) is 33.4 Å². The Morgan fingerprint density at radius 1 is 1.02 bits per heavy atom. The van der Waals surface area contributed by atoms with E-state index in [1.165, 1.54) is 30.3 Å². The summed E-state index contributed by atoms with van der Waals surface area (Å²) in [6.45, 7) is 22.5. The van der Waals surface area contributed by atoms with Crippen LogP contribution >= 0.6 is 0 Å². The molecule has 0 saturated heterocycles. The first-order valence-corrected chi connectivity index (χ1v) is 18.1. The minimum Gasteiger partial charge on any atom is -0.505 e. The Morgan fingerprint density at radius 3 is 2.37 bits per heavy atom. The number of ether oxygens (including phenoxy) is 1. The van der Waals surface area contributed by atoms with Gasteiger partial charge in [-0.1, -0.05) is 20.4 Å². The van der Waals surface area contributed by atoms with E-state index in [4.69, 9.17) is 4.74 Å². The largest absolute Gasteiger partial charge is 0.505 e. The van der Waals surface area contributed by atoms with Crippen LogP contribution in [0.15, 0.2) is 30.9 Å². The lowest BCUT2D eigenvalue weighted by Gasteiger charge is -2.64. The smallest absolute Gasteiger partial charge is 0.164 e. The third-order valence-corrected chi connectivity index (χ3v) is 14.4. The second-order valence-electron chi connectivity index (χ2n) is 17.9. The van der Waals surface area contributed by atoms with Gasteiger partial charge in [0.05, 0.1) is 40.0 Å². The quantitative estimate of drug-likeness (QED) is 0.248. The van der Waals surface area contributed by atoms with Gasteiger partial charge in [-0.15, -0.1) is 0 Å². The molecule has 5 aliphatic rings. The third-order valence-electron chi connectivity index (χ3n) is 14.4. The van der Waals surface area contributed by atoms with Crippen molar-refractivity contribution in [3.63, 3.8) is 0 Å². The Morgan fingerprint density at radius 2 is 1.71 bits per heavy atom. The van der Waals surface area contributed by atoms with Crippen LogP contribution in [0.5, 0.6) is 5.75 Å². The maximum atomic E-state index is 14.0. The van der Waals surface area contributed by atoms with Crippen LogP contribution in [0, 0.1) is 28.6 Å². The van der Waals surface area contributed by atoms with Crippen molar-refractivity contribution in [1.29, 1.82) is 0 Å². The number of aliphatic hydroxyl groups is 2. The summed E-state index contributed by atoms with van der Waals surface area (Å²) < 4.78 is 8.78. The maximum Gasteiger partial charge on any atom is 0.164 e. The van der Waals surface area contributed by atoms with Crippen molar-refractivity contribution in [2.45, 2.75) is 123 Å². The number of benzene rings is 1. The summed E-state index contributed by atoms with van der Waals surface area (Å²) in [6, 6.07) is 2.27. The number of aromatic nitrogens is 1. The number of carbonyl (C=O) groups is 2. The van der Waals surface area contributed by atoms with Crippen molar-refractivity contribution in [3.8, 4) is 5.75 Å². The molecule has 49 heavy (non-hydrogen) atoms. The van der Waals surface area contributed by atoms with Gasteiger partial charge in [0.15, 0.2) is 11.6 Å². The summed E-state index contributed by atoms with van der Waals surface area (Å²) in [5.74, 6) is -0.316. The Kier molecular flexibility index (Phi) is 6.54. The van der Waals surface area contributed by atoms with Gasteiger partial charge in [-0.25, -0.2) is 0 Å². The van der Waals surface area contributed by atoms with Gasteiger partial charge in [-0.3, -0.25) is 9.59 Å². The van der Waals surface area contributed by atoms with E-state index in [1.807, 2.05) is 27.7 Å². The highest BCUT2D eigenvalue weighted by Crippen LogP contribution is 2.71. The molecule has 8 atom stereocenters. The summed E-state index contributed by atoms with van der Waals surface area (Å²) in [5, 5.41) is 37.8. The van der Waals surface area contributed by atoms with Crippen molar-refractivity contribution in [2.24, 2.45) is 28.6 Å². The van der Waals surface area contributed by atoms with Gasteiger partial charge >= 0.3 is 0 Å². The number of allylic oxidation sites excluding steroid dienone is 3. The monoisotopic (exact) mass is 665 g/mol. The van der Waals surface area contributed by atoms with E-state index in [2.05, 4.69) is 50.8 Å². The van der Waals surface area contributed by atoms with Crippen molar-refractivity contribution in [2.75, 3.05) is 0 Å². The molecule has 3 aromatic rings. The molecular formula is C42H51NO6. The average molecular weight is 666 g/mol. The summed E-state index contributed by atoms with van der Waals surface area (Å²) in [4.78, 5) is 25.8. The van der Waals surface area contributed by atoms with Crippen molar-refractivity contribution >= 4 is 39.0 Å². The number of rotatable bonds is 4. The molecule has 260 valence electrons. The minimum absolute atomic E-state index is 0.123. The van der Waals surface area contributed by atoms with Crippen LogP contribution in [0.2, 0.25) is 0 Å². The summed E-state index contributed by atoms with van der Waals surface area (Å²) in [6.07, 6.45) is 7.04. The minimum atomic E-state index is -1.04. The maximum absolute atomic E-state index is 14.0. The van der Waals surface area contributed by atoms with Crippen LogP contribution in [0.4, 0.5) is 0 Å². The summed E-state index contributed by atoms with van der Waals surface area (Å²) >= 11 is 0. The Hall–Kier alpha value is -3.26. The van der Waals surface area contributed by atoms with Crippen LogP contribution in [0.1, 0.15) is 122 Å². The first kappa shape index (κ1) is 32.9. The lowest BCUT2D eigenvalue weighted by molar-refractivity contribution is -0.174. The number of hydrogen-bond donors (Lipinski definition) is 3. The molecule has 7 nitrogen and oxygen atoms in total. The molecule has 2 aromatic heterocycles. The van der Waals surface area contributed by atoms with Gasteiger partial charge in [0.25, 0.3) is 0 Å². The fourth-order valence-electron chi connectivity index (χ4n) is 12.4. The molecule has 3 heterocycles. The number of hydrogen-bond acceptors (Lipinski definition) is 6. The van der Waals surface area contributed by atoms with Crippen LogP contribution in [-0.4, -0.2) is 48.6 Å². The van der Waals surface area contributed by atoms with Gasteiger partial charge in [-0.2, -0.15) is 0 Å². The third kappa shape index (κ3) is 3.80.